The lowest BCUT2D eigenvalue weighted by Gasteiger charge is -2.30. The van der Waals surface area contributed by atoms with Gasteiger partial charge in [0.1, 0.15) is 36.6 Å². The highest BCUT2D eigenvalue weighted by molar-refractivity contribution is 5.78. The van der Waals surface area contributed by atoms with Crippen molar-refractivity contribution < 1.29 is 19.3 Å². The predicted octanol–water partition coefficient (Wildman–Crippen LogP) is 4.08. The second-order valence-electron chi connectivity index (χ2n) is 7.08. The molecular weight excluding hydrogens is 380 g/mol. The van der Waals surface area contributed by atoms with Crippen molar-refractivity contribution in [3.05, 3.63) is 90.4 Å². The Morgan fingerprint density at radius 2 is 1.93 bits per heavy atom. The van der Waals surface area contributed by atoms with Gasteiger partial charge in [-0.2, -0.15) is 0 Å². The number of rotatable bonds is 5. The molecule has 0 amide bonds. The van der Waals surface area contributed by atoms with Crippen LogP contribution in [0.1, 0.15) is 17.4 Å². The summed E-state index contributed by atoms with van der Waals surface area (Å²) in [5.41, 5.74) is 2.41. The number of aromatic nitrogens is 2. The van der Waals surface area contributed by atoms with E-state index in [1.807, 2.05) is 48.5 Å². The second kappa shape index (κ2) is 8.00. The van der Waals surface area contributed by atoms with E-state index in [1.54, 1.807) is 30.6 Å². The van der Waals surface area contributed by atoms with Crippen molar-refractivity contribution in [2.75, 3.05) is 6.61 Å². The molecule has 150 valence electrons. The maximum absolute atomic E-state index is 10.8. The Hall–Kier alpha value is -3.64. The zero-order valence-corrected chi connectivity index (χ0v) is 16.1. The molecular formula is C24H20N2O4. The number of para-hydroxylation sites is 1. The molecule has 0 saturated carbocycles. The Kier molecular flexibility index (Phi) is 4.91. The number of aliphatic hydroxyl groups is 1. The molecule has 0 fully saturated rings. The van der Waals surface area contributed by atoms with Crippen LogP contribution < -0.4 is 14.2 Å². The molecule has 6 heteroatoms. The van der Waals surface area contributed by atoms with E-state index in [2.05, 4.69) is 9.97 Å². The second-order valence-corrected chi connectivity index (χ2v) is 7.08. The van der Waals surface area contributed by atoms with Gasteiger partial charge in [0.15, 0.2) is 6.10 Å². The van der Waals surface area contributed by atoms with Gasteiger partial charge in [-0.05, 0) is 42.5 Å². The Labute approximate surface area is 173 Å². The fourth-order valence-corrected chi connectivity index (χ4v) is 3.48. The van der Waals surface area contributed by atoms with Crippen LogP contribution in [0.4, 0.5) is 0 Å². The van der Waals surface area contributed by atoms with Gasteiger partial charge in [-0.3, -0.25) is 4.98 Å². The highest BCUT2D eigenvalue weighted by atomic mass is 16.5. The zero-order valence-electron chi connectivity index (χ0n) is 16.1. The number of nitrogens with zero attached hydrogens (tertiary/aromatic N) is 2. The number of ether oxygens (including phenoxy) is 3. The van der Waals surface area contributed by atoms with Crippen molar-refractivity contribution in [1.82, 2.24) is 9.97 Å². The quantitative estimate of drug-likeness (QED) is 0.544. The largest absolute Gasteiger partial charge is 0.489 e. The standard InChI is InChI=1S/C24H20N2O4/c27-24-20-12-18(28-14-17-8-7-16-4-1-2-6-21(16)26-17)9-10-22(20)29-15-23(24)30-19-5-3-11-25-13-19/h1-13,23-24,27H,14-15H2/t23-,24+/m0/s1. The molecule has 1 N–H and O–H groups in total. The van der Waals surface area contributed by atoms with Crippen molar-refractivity contribution >= 4 is 10.9 Å². The van der Waals surface area contributed by atoms with Gasteiger partial charge in [0.05, 0.1) is 17.4 Å². The summed E-state index contributed by atoms with van der Waals surface area (Å²) in [6.07, 6.45) is 1.91. The van der Waals surface area contributed by atoms with Crippen LogP contribution in [0.2, 0.25) is 0 Å². The molecule has 2 atom stereocenters. The number of aliphatic hydroxyl groups excluding tert-OH is 1. The summed E-state index contributed by atoms with van der Waals surface area (Å²) in [6, 6.07) is 21.0. The van der Waals surface area contributed by atoms with Crippen molar-refractivity contribution in [1.29, 1.82) is 0 Å². The van der Waals surface area contributed by atoms with Crippen LogP contribution in [0, 0.1) is 0 Å². The van der Waals surface area contributed by atoms with Gasteiger partial charge < -0.3 is 19.3 Å². The van der Waals surface area contributed by atoms with E-state index < -0.39 is 12.2 Å². The summed E-state index contributed by atoms with van der Waals surface area (Å²) in [7, 11) is 0. The van der Waals surface area contributed by atoms with Crippen LogP contribution in [0.3, 0.4) is 0 Å². The Bertz CT molecular complexity index is 1170. The van der Waals surface area contributed by atoms with Gasteiger partial charge in [-0.15, -0.1) is 0 Å². The fraction of sp³-hybridized carbons (Fsp3) is 0.167. The van der Waals surface area contributed by atoms with Crippen molar-refractivity contribution in [2.45, 2.75) is 18.8 Å². The van der Waals surface area contributed by atoms with Crippen molar-refractivity contribution in [2.24, 2.45) is 0 Å². The summed E-state index contributed by atoms with van der Waals surface area (Å²) in [6.45, 7) is 0.584. The minimum Gasteiger partial charge on any atom is -0.489 e. The minimum absolute atomic E-state index is 0.254. The molecule has 0 bridgehead atoms. The lowest BCUT2D eigenvalue weighted by Crippen LogP contribution is -2.35. The first kappa shape index (κ1) is 18.4. The molecule has 0 unspecified atom stereocenters. The molecule has 0 aliphatic carbocycles. The first-order valence-corrected chi connectivity index (χ1v) is 9.75. The smallest absolute Gasteiger partial charge is 0.163 e. The maximum atomic E-state index is 10.8. The van der Waals surface area contributed by atoms with E-state index in [1.165, 1.54) is 0 Å². The molecule has 2 aromatic carbocycles. The lowest BCUT2D eigenvalue weighted by molar-refractivity contribution is -0.0106. The van der Waals surface area contributed by atoms with Crippen LogP contribution in [-0.2, 0) is 6.61 Å². The SMILES string of the molecule is O[C@@H]1c2cc(OCc3ccc4ccccc4n3)ccc2OC[C@@H]1Oc1cccnc1. The Morgan fingerprint density at radius 1 is 1.00 bits per heavy atom. The zero-order chi connectivity index (χ0) is 20.3. The van der Waals surface area contributed by atoms with Gasteiger partial charge >= 0.3 is 0 Å². The normalized spacial score (nSPS) is 17.8. The Balaban J connectivity index is 1.30. The fourth-order valence-electron chi connectivity index (χ4n) is 3.48. The molecule has 0 radical (unpaired) electrons. The minimum atomic E-state index is -0.837. The van der Waals surface area contributed by atoms with E-state index >= 15 is 0 Å². The van der Waals surface area contributed by atoms with Crippen LogP contribution in [0.25, 0.3) is 10.9 Å². The van der Waals surface area contributed by atoms with Gasteiger partial charge in [-0.25, -0.2) is 4.98 Å². The van der Waals surface area contributed by atoms with E-state index in [-0.39, 0.29) is 6.61 Å². The van der Waals surface area contributed by atoms with Gasteiger partial charge in [-0.1, -0.05) is 24.3 Å². The number of benzene rings is 2. The van der Waals surface area contributed by atoms with E-state index in [0.717, 1.165) is 16.6 Å². The highest BCUT2D eigenvalue weighted by Crippen LogP contribution is 2.36. The van der Waals surface area contributed by atoms with Crippen LogP contribution in [0.5, 0.6) is 17.2 Å². The molecule has 5 rings (SSSR count). The number of hydrogen-bond donors (Lipinski definition) is 1. The molecule has 30 heavy (non-hydrogen) atoms. The molecule has 1 aliphatic rings. The third kappa shape index (κ3) is 3.77. The predicted molar refractivity (Wildman–Crippen MR) is 112 cm³/mol. The molecule has 1 aliphatic heterocycles. The number of fused-ring (bicyclic) bond motifs is 2. The van der Waals surface area contributed by atoms with Gasteiger partial charge in [0, 0.05) is 17.1 Å². The lowest BCUT2D eigenvalue weighted by atomic mass is 10.0. The van der Waals surface area contributed by atoms with Crippen molar-refractivity contribution in [3.63, 3.8) is 0 Å². The maximum Gasteiger partial charge on any atom is 0.163 e. The van der Waals surface area contributed by atoms with E-state index in [0.29, 0.717) is 29.4 Å². The summed E-state index contributed by atoms with van der Waals surface area (Å²) < 4.78 is 17.5. The van der Waals surface area contributed by atoms with E-state index in [4.69, 9.17) is 14.2 Å². The summed E-state index contributed by atoms with van der Waals surface area (Å²) in [4.78, 5) is 8.66. The van der Waals surface area contributed by atoms with Crippen molar-refractivity contribution in [3.8, 4) is 17.2 Å². The average molecular weight is 400 g/mol. The topological polar surface area (TPSA) is 73.7 Å². The average Bonchev–Trinajstić information content (AvgIpc) is 2.80. The molecule has 6 nitrogen and oxygen atoms in total. The Morgan fingerprint density at radius 3 is 2.83 bits per heavy atom. The molecule has 0 saturated heterocycles. The van der Waals surface area contributed by atoms with Crippen LogP contribution in [0.15, 0.2) is 79.1 Å². The van der Waals surface area contributed by atoms with Crippen LogP contribution >= 0.6 is 0 Å². The molecule has 3 heterocycles. The molecule has 4 aromatic rings. The highest BCUT2D eigenvalue weighted by Gasteiger charge is 2.31. The third-order valence-corrected chi connectivity index (χ3v) is 5.02. The summed E-state index contributed by atoms with van der Waals surface area (Å²) >= 11 is 0. The van der Waals surface area contributed by atoms with Gasteiger partial charge in [0.2, 0.25) is 0 Å². The first-order chi connectivity index (χ1) is 14.8. The monoisotopic (exact) mass is 400 g/mol. The van der Waals surface area contributed by atoms with Crippen LogP contribution in [-0.4, -0.2) is 27.8 Å². The molecule has 2 aromatic heterocycles. The van der Waals surface area contributed by atoms with Gasteiger partial charge in [0.25, 0.3) is 0 Å². The summed E-state index contributed by atoms with van der Waals surface area (Å²) in [5, 5.41) is 11.9. The third-order valence-electron chi connectivity index (χ3n) is 5.02. The van der Waals surface area contributed by atoms with E-state index in [9.17, 15) is 5.11 Å². The number of pyridine rings is 2. The molecule has 0 spiro atoms. The first-order valence-electron chi connectivity index (χ1n) is 9.75. The summed E-state index contributed by atoms with van der Waals surface area (Å²) in [5.74, 6) is 1.85. The number of hydrogen-bond acceptors (Lipinski definition) is 6.